The number of carbonyl (C=O) groups is 1. The van der Waals surface area contributed by atoms with E-state index in [0.29, 0.717) is 19.0 Å². The Morgan fingerprint density at radius 1 is 1.30 bits per heavy atom. The van der Waals surface area contributed by atoms with Gasteiger partial charge in [-0.15, -0.1) is 0 Å². The molecule has 0 saturated carbocycles. The van der Waals surface area contributed by atoms with E-state index in [1.54, 1.807) is 0 Å². The first-order valence-corrected chi connectivity index (χ1v) is 7.22. The largest absolute Gasteiger partial charge is 0.352 e. The van der Waals surface area contributed by atoms with Gasteiger partial charge in [-0.2, -0.15) is 4.98 Å². The number of amides is 1. The van der Waals surface area contributed by atoms with Gasteiger partial charge in [0.05, 0.1) is 24.1 Å². The van der Waals surface area contributed by atoms with Crippen LogP contribution in [0.2, 0.25) is 0 Å². The van der Waals surface area contributed by atoms with Crippen LogP contribution in [0.3, 0.4) is 0 Å². The number of rotatable bonds is 5. The van der Waals surface area contributed by atoms with Gasteiger partial charge < -0.3 is 14.4 Å². The van der Waals surface area contributed by atoms with Gasteiger partial charge in [0, 0.05) is 14.1 Å². The summed E-state index contributed by atoms with van der Waals surface area (Å²) in [5.74, 6) is 1.02. The maximum absolute atomic E-state index is 11.4. The zero-order valence-corrected chi connectivity index (χ0v) is 13.3. The van der Waals surface area contributed by atoms with Gasteiger partial charge in [0.15, 0.2) is 0 Å². The molecular formula is C15H18N6O2. The number of hydrogen-bond acceptors (Lipinski definition) is 6. The minimum Gasteiger partial charge on any atom is -0.352 e. The molecular weight excluding hydrogens is 296 g/mol. The molecule has 0 radical (unpaired) electrons. The van der Waals surface area contributed by atoms with Gasteiger partial charge in [-0.25, -0.2) is 4.98 Å². The first-order chi connectivity index (χ1) is 11.1. The predicted molar refractivity (Wildman–Crippen MR) is 83.6 cm³/mol. The summed E-state index contributed by atoms with van der Waals surface area (Å²) in [4.78, 5) is 22.1. The molecule has 0 atom stereocenters. The van der Waals surface area contributed by atoms with Crippen LogP contribution in [0.1, 0.15) is 22.3 Å². The van der Waals surface area contributed by atoms with E-state index in [1.807, 2.05) is 43.3 Å². The first-order valence-electron chi connectivity index (χ1n) is 7.22. The van der Waals surface area contributed by atoms with Gasteiger partial charge in [0.25, 0.3) is 11.7 Å². The highest BCUT2D eigenvalue weighted by molar-refractivity contribution is 5.89. The summed E-state index contributed by atoms with van der Waals surface area (Å²) < 4.78 is 7.16. The van der Waals surface area contributed by atoms with Crippen molar-refractivity contribution >= 4 is 16.9 Å². The minimum absolute atomic E-state index is 0.0404. The third-order valence-electron chi connectivity index (χ3n) is 3.59. The molecule has 0 aliphatic rings. The Hall–Kier alpha value is -2.74. The summed E-state index contributed by atoms with van der Waals surface area (Å²) in [6, 6.07) is 8.00. The van der Waals surface area contributed by atoms with Crippen molar-refractivity contribution in [2.45, 2.75) is 13.1 Å². The fourth-order valence-electron chi connectivity index (χ4n) is 2.39. The zero-order valence-electron chi connectivity index (χ0n) is 13.3. The van der Waals surface area contributed by atoms with Crippen molar-refractivity contribution in [1.29, 1.82) is 0 Å². The van der Waals surface area contributed by atoms with E-state index < -0.39 is 0 Å². The Labute approximate surface area is 133 Å². The summed E-state index contributed by atoms with van der Waals surface area (Å²) in [7, 11) is 5.45. The maximum atomic E-state index is 11.4. The normalized spacial score (nSPS) is 11.3. The van der Waals surface area contributed by atoms with Crippen molar-refractivity contribution in [3.05, 3.63) is 41.8 Å². The van der Waals surface area contributed by atoms with Crippen LogP contribution in [-0.2, 0) is 20.1 Å². The van der Waals surface area contributed by atoms with Crippen molar-refractivity contribution in [1.82, 2.24) is 29.9 Å². The molecule has 120 valence electrons. The van der Waals surface area contributed by atoms with Gasteiger partial charge in [-0.3, -0.25) is 9.69 Å². The first kappa shape index (κ1) is 15.2. The van der Waals surface area contributed by atoms with Crippen LogP contribution in [0.5, 0.6) is 0 Å². The van der Waals surface area contributed by atoms with Crippen LogP contribution < -0.4 is 5.32 Å². The topological polar surface area (TPSA) is 89.1 Å². The van der Waals surface area contributed by atoms with Crippen molar-refractivity contribution in [2.75, 3.05) is 14.1 Å². The molecule has 1 aromatic carbocycles. The number of benzene rings is 1. The number of aromatic nitrogens is 4. The molecule has 0 bridgehead atoms. The van der Waals surface area contributed by atoms with E-state index >= 15 is 0 Å². The molecule has 8 nitrogen and oxygen atoms in total. The molecule has 0 saturated heterocycles. The Balaban J connectivity index is 1.71. The molecule has 0 fully saturated rings. The molecule has 2 heterocycles. The summed E-state index contributed by atoms with van der Waals surface area (Å²) in [6.45, 7) is 1.07. The van der Waals surface area contributed by atoms with E-state index in [-0.39, 0.29) is 11.7 Å². The van der Waals surface area contributed by atoms with Gasteiger partial charge in [-0.05, 0) is 19.2 Å². The number of aryl methyl sites for hydroxylation is 1. The molecule has 0 unspecified atom stereocenters. The van der Waals surface area contributed by atoms with E-state index in [2.05, 4.69) is 25.0 Å². The highest BCUT2D eigenvalue weighted by atomic mass is 16.5. The summed E-state index contributed by atoms with van der Waals surface area (Å²) in [6.07, 6.45) is 0. The number of nitrogens with zero attached hydrogens (tertiary/aromatic N) is 5. The highest BCUT2D eigenvalue weighted by Gasteiger charge is 2.15. The molecule has 3 aromatic rings. The van der Waals surface area contributed by atoms with Crippen LogP contribution >= 0.6 is 0 Å². The third kappa shape index (κ3) is 3.07. The second-order valence-electron chi connectivity index (χ2n) is 5.34. The fourth-order valence-corrected chi connectivity index (χ4v) is 2.39. The van der Waals surface area contributed by atoms with Crippen LogP contribution in [0.4, 0.5) is 0 Å². The van der Waals surface area contributed by atoms with Gasteiger partial charge in [0.1, 0.15) is 5.82 Å². The lowest BCUT2D eigenvalue weighted by atomic mass is 10.3. The molecule has 0 aliphatic heterocycles. The SMILES string of the molecule is CNC(=O)c1noc(CN(C)Cc2nc3ccccc3n2C)n1. The van der Waals surface area contributed by atoms with E-state index in [0.717, 1.165) is 16.9 Å². The van der Waals surface area contributed by atoms with Crippen LogP contribution in [0.15, 0.2) is 28.8 Å². The van der Waals surface area contributed by atoms with Crippen LogP contribution in [0.25, 0.3) is 11.0 Å². The van der Waals surface area contributed by atoms with Crippen molar-refractivity contribution in [3.63, 3.8) is 0 Å². The number of fused-ring (bicyclic) bond motifs is 1. The lowest BCUT2D eigenvalue weighted by Crippen LogP contribution is -2.21. The van der Waals surface area contributed by atoms with E-state index in [1.165, 1.54) is 7.05 Å². The summed E-state index contributed by atoms with van der Waals surface area (Å²) in [5, 5.41) is 6.11. The molecule has 8 heteroatoms. The average molecular weight is 314 g/mol. The second-order valence-corrected chi connectivity index (χ2v) is 5.34. The number of carbonyl (C=O) groups excluding carboxylic acids is 1. The average Bonchev–Trinajstić information content (AvgIpc) is 3.13. The number of nitrogens with one attached hydrogen (secondary N) is 1. The van der Waals surface area contributed by atoms with Gasteiger partial charge in [-0.1, -0.05) is 17.3 Å². The standard InChI is InChI=1S/C15H18N6O2/c1-16-15(22)14-18-13(23-19-14)9-20(2)8-12-17-10-6-4-5-7-11(10)21(12)3/h4-7H,8-9H2,1-3H3,(H,16,22). The Morgan fingerprint density at radius 3 is 2.83 bits per heavy atom. The Kier molecular flexibility index (Phi) is 4.07. The Bertz CT molecular complexity index is 837. The second kappa shape index (κ2) is 6.17. The third-order valence-corrected chi connectivity index (χ3v) is 3.59. The quantitative estimate of drug-likeness (QED) is 0.754. The van der Waals surface area contributed by atoms with E-state index in [9.17, 15) is 4.79 Å². The smallest absolute Gasteiger partial charge is 0.292 e. The zero-order chi connectivity index (χ0) is 16.4. The highest BCUT2D eigenvalue weighted by Crippen LogP contribution is 2.15. The molecule has 1 amide bonds. The van der Waals surface area contributed by atoms with Crippen molar-refractivity contribution in [3.8, 4) is 0 Å². The maximum Gasteiger partial charge on any atom is 0.292 e. The molecule has 2 aromatic heterocycles. The van der Waals surface area contributed by atoms with Crippen LogP contribution in [-0.4, -0.2) is 44.6 Å². The summed E-state index contributed by atoms with van der Waals surface area (Å²) >= 11 is 0. The van der Waals surface area contributed by atoms with Crippen molar-refractivity contribution < 1.29 is 9.32 Å². The summed E-state index contributed by atoms with van der Waals surface area (Å²) in [5.41, 5.74) is 2.06. The molecule has 1 N–H and O–H groups in total. The lowest BCUT2D eigenvalue weighted by Gasteiger charge is -2.13. The molecule has 0 spiro atoms. The number of para-hydroxylation sites is 2. The number of hydrogen-bond donors (Lipinski definition) is 1. The van der Waals surface area contributed by atoms with Crippen LogP contribution in [0, 0.1) is 0 Å². The lowest BCUT2D eigenvalue weighted by molar-refractivity contribution is 0.0950. The number of imidazole rings is 1. The van der Waals surface area contributed by atoms with E-state index in [4.69, 9.17) is 4.52 Å². The molecule has 23 heavy (non-hydrogen) atoms. The fraction of sp³-hybridized carbons (Fsp3) is 0.333. The molecule has 0 aliphatic carbocycles. The van der Waals surface area contributed by atoms with Gasteiger partial charge in [0.2, 0.25) is 5.89 Å². The Morgan fingerprint density at radius 2 is 2.09 bits per heavy atom. The van der Waals surface area contributed by atoms with Gasteiger partial charge >= 0.3 is 0 Å². The van der Waals surface area contributed by atoms with Crippen molar-refractivity contribution in [2.24, 2.45) is 7.05 Å². The monoisotopic (exact) mass is 314 g/mol. The minimum atomic E-state index is -0.363. The predicted octanol–water partition coefficient (Wildman–Crippen LogP) is 0.948. The molecule has 3 rings (SSSR count).